The van der Waals surface area contributed by atoms with E-state index in [1.165, 1.54) is 0 Å². The molecule has 2 aromatic rings. The van der Waals surface area contributed by atoms with Gasteiger partial charge in [0.05, 0.1) is 12.8 Å². The van der Waals surface area contributed by atoms with E-state index in [0.29, 0.717) is 16.6 Å². The minimum Gasteiger partial charge on any atom is -0.467 e. The number of nitrogens with one attached hydrogen (secondary N) is 1. The molecule has 0 aliphatic rings. The van der Waals surface area contributed by atoms with Crippen LogP contribution in [-0.4, -0.2) is 6.54 Å². The number of rotatable bonds is 4. The highest BCUT2D eigenvalue weighted by atomic mass is 35.5. The Morgan fingerprint density at radius 2 is 1.88 bits per heavy atom. The number of hydrogen-bond donors (Lipinski definition) is 1. The average Bonchev–Trinajstić information content (AvgIpc) is 2.73. The molecule has 0 atom stereocenters. The predicted octanol–water partition coefficient (Wildman–Crippen LogP) is 4.36. The summed E-state index contributed by atoms with van der Waals surface area (Å²) >= 11 is 12.0. The molecule has 2 rings (SSSR count). The van der Waals surface area contributed by atoms with Crippen LogP contribution in [0.1, 0.15) is 12.7 Å². The topological polar surface area (TPSA) is 25.2 Å². The van der Waals surface area contributed by atoms with Gasteiger partial charge in [-0.25, -0.2) is 0 Å². The predicted molar refractivity (Wildman–Crippen MR) is 71.5 cm³/mol. The Kier molecular flexibility index (Phi) is 4.11. The van der Waals surface area contributed by atoms with Crippen molar-refractivity contribution in [3.05, 3.63) is 46.3 Å². The van der Waals surface area contributed by atoms with Crippen LogP contribution in [0.25, 0.3) is 11.1 Å². The summed E-state index contributed by atoms with van der Waals surface area (Å²) < 4.78 is 5.45. The molecule has 0 radical (unpaired) electrons. The molecule has 0 saturated heterocycles. The SMILES string of the molecule is CCNCc1occc1-c1cc(Cl)cc(Cl)c1. The molecular weight excluding hydrogens is 257 g/mol. The Morgan fingerprint density at radius 3 is 2.53 bits per heavy atom. The van der Waals surface area contributed by atoms with Crippen LogP contribution in [0.15, 0.2) is 34.9 Å². The summed E-state index contributed by atoms with van der Waals surface area (Å²) in [6.45, 7) is 3.65. The lowest BCUT2D eigenvalue weighted by molar-refractivity contribution is 0.489. The molecule has 0 saturated carbocycles. The zero-order valence-corrected chi connectivity index (χ0v) is 11.0. The Bertz CT molecular complexity index is 488. The van der Waals surface area contributed by atoms with Crippen LogP contribution in [0, 0.1) is 0 Å². The summed E-state index contributed by atoms with van der Waals surface area (Å²) in [6.07, 6.45) is 1.68. The number of furan rings is 1. The quantitative estimate of drug-likeness (QED) is 0.892. The van der Waals surface area contributed by atoms with E-state index in [0.717, 1.165) is 23.4 Å². The molecule has 17 heavy (non-hydrogen) atoms. The molecule has 1 N–H and O–H groups in total. The number of hydrogen-bond acceptors (Lipinski definition) is 2. The van der Waals surface area contributed by atoms with Crippen molar-refractivity contribution in [1.82, 2.24) is 5.32 Å². The minimum absolute atomic E-state index is 0.628. The third-order valence-electron chi connectivity index (χ3n) is 2.45. The zero-order valence-electron chi connectivity index (χ0n) is 9.47. The second kappa shape index (κ2) is 5.58. The maximum Gasteiger partial charge on any atom is 0.125 e. The summed E-state index contributed by atoms with van der Waals surface area (Å²) in [6, 6.07) is 7.41. The van der Waals surface area contributed by atoms with Gasteiger partial charge in [-0.2, -0.15) is 0 Å². The molecule has 1 heterocycles. The molecule has 0 aliphatic carbocycles. The summed E-state index contributed by atoms with van der Waals surface area (Å²) in [5.41, 5.74) is 2.00. The second-order valence-electron chi connectivity index (χ2n) is 3.70. The second-order valence-corrected chi connectivity index (χ2v) is 4.57. The van der Waals surface area contributed by atoms with Gasteiger partial charge >= 0.3 is 0 Å². The average molecular weight is 270 g/mol. The van der Waals surface area contributed by atoms with Crippen molar-refractivity contribution in [2.24, 2.45) is 0 Å². The van der Waals surface area contributed by atoms with Gasteiger partial charge in [0.2, 0.25) is 0 Å². The van der Waals surface area contributed by atoms with Crippen molar-refractivity contribution in [3.8, 4) is 11.1 Å². The highest BCUT2D eigenvalue weighted by Crippen LogP contribution is 2.30. The molecule has 4 heteroatoms. The van der Waals surface area contributed by atoms with E-state index >= 15 is 0 Å². The van der Waals surface area contributed by atoms with Gasteiger partial charge in [-0.05, 0) is 36.4 Å². The number of halogens is 2. The van der Waals surface area contributed by atoms with Crippen molar-refractivity contribution in [2.75, 3.05) is 6.54 Å². The maximum absolute atomic E-state index is 5.99. The standard InChI is InChI=1S/C13H13Cl2NO/c1-2-16-8-13-12(3-4-17-13)9-5-10(14)7-11(15)6-9/h3-7,16H,2,8H2,1H3. The molecule has 0 amide bonds. The van der Waals surface area contributed by atoms with Crippen molar-refractivity contribution in [3.63, 3.8) is 0 Å². The molecule has 1 aromatic carbocycles. The van der Waals surface area contributed by atoms with Crippen molar-refractivity contribution < 1.29 is 4.42 Å². The first-order valence-electron chi connectivity index (χ1n) is 5.44. The largest absolute Gasteiger partial charge is 0.467 e. The van der Waals surface area contributed by atoms with E-state index in [-0.39, 0.29) is 0 Å². The lowest BCUT2D eigenvalue weighted by atomic mass is 10.1. The van der Waals surface area contributed by atoms with Gasteiger partial charge in [-0.1, -0.05) is 30.1 Å². The number of benzene rings is 1. The first-order chi connectivity index (χ1) is 8.20. The molecule has 90 valence electrons. The van der Waals surface area contributed by atoms with Crippen LogP contribution in [-0.2, 0) is 6.54 Å². The molecule has 0 fully saturated rings. The summed E-state index contributed by atoms with van der Waals surface area (Å²) in [5.74, 6) is 0.894. The van der Waals surface area contributed by atoms with E-state index in [1.54, 1.807) is 12.3 Å². The third-order valence-corrected chi connectivity index (χ3v) is 2.89. The van der Waals surface area contributed by atoms with Gasteiger partial charge in [-0.15, -0.1) is 0 Å². The maximum atomic E-state index is 5.99. The molecule has 0 spiro atoms. The van der Waals surface area contributed by atoms with Crippen molar-refractivity contribution in [2.45, 2.75) is 13.5 Å². The van der Waals surface area contributed by atoms with Crippen LogP contribution >= 0.6 is 23.2 Å². The lowest BCUT2D eigenvalue weighted by Gasteiger charge is -2.05. The molecule has 0 bridgehead atoms. The van der Waals surface area contributed by atoms with Gasteiger partial charge in [0.1, 0.15) is 5.76 Å². The van der Waals surface area contributed by atoms with E-state index in [9.17, 15) is 0 Å². The Hall–Kier alpha value is -0.960. The summed E-state index contributed by atoms with van der Waals surface area (Å²) in [7, 11) is 0. The molecule has 1 aromatic heterocycles. The normalized spacial score (nSPS) is 10.8. The van der Waals surface area contributed by atoms with Gasteiger partial charge < -0.3 is 9.73 Å². The Morgan fingerprint density at radius 1 is 1.18 bits per heavy atom. The monoisotopic (exact) mass is 269 g/mol. The zero-order chi connectivity index (χ0) is 12.3. The summed E-state index contributed by atoms with van der Waals surface area (Å²) in [5, 5.41) is 4.49. The smallest absolute Gasteiger partial charge is 0.125 e. The minimum atomic E-state index is 0.628. The fourth-order valence-electron chi connectivity index (χ4n) is 1.68. The molecule has 0 unspecified atom stereocenters. The Labute approximate surface area is 111 Å². The Balaban J connectivity index is 2.35. The highest BCUT2D eigenvalue weighted by molar-refractivity contribution is 6.35. The molecule has 0 aliphatic heterocycles. The van der Waals surface area contributed by atoms with Crippen molar-refractivity contribution >= 4 is 23.2 Å². The van der Waals surface area contributed by atoms with Crippen LogP contribution < -0.4 is 5.32 Å². The first kappa shape index (κ1) is 12.5. The van der Waals surface area contributed by atoms with Crippen molar-refractivity contribution in [1.29, 1.82) is 0 Å². The van der Waals surface area contributed by atoms with Crippen LogP contribution in [0.3, 0.4) is 0 Å². The van der Waals surface area contributed by atoms with Gasteiger partial charge in [0, 0.05) is 15.6 Å². The van der Waals surface area contributed by atoms with Crippen LogP contribution in [0.2, 0.25) is 10.0 Å². The van der Waals surface area contributed by atoms with Gasteiger partial charge in [0.15, 0.2) is 0 Å². The van der Waals surface area contributed by atoms with E-state index in [2.05, 4.69) is 12.2 Å². The van der Waals surface area contributed by atoms with E-state index < -0.39 is 0 Å². The van der Waals surface area contributed by atoms with Crippen LogP contribution in [0.5, 0.6) is 0 Å². The lowest BCUT2D eigenvalue weighted by Crippen LogP contribution is -2.11. The van der Waals surface area contributed by atoms with Crippen LogP contribution in [0.4, 0.5) is 0 Å². The first-order valence-corrected chi connectivity index (χ1v) is 6.20. The van der Waals surface area contributed by atoms with E-state index in [4.69, 9.17) is 27.6 Å². The van der Waals surface area contributed by atoms with E-state index in [1.807, 2.05) is 18.2 Å². The third kappa shape index (κ3) is 3.03. The fraction of sp³-hybridized carbons (Fsp3) is 0.231. The highest BCUT2D eigenvalue weighted by Gasteiger charge is 2.09. The van der Waals surface area contributed by atoms with Gasteiger partial charge in [-0.3, -0.25) is 0 Å². The molecule has 2 nitrogen and oxygen atoms in total. The fourth-order valence-corrected chi connectivity index (χ4v) is 2.21. The molecular formula is C13H13Cl2NO. The van der Waals surface area contributed by atoms with Gasteiger partial charge in [0.25, 0.3) is 0 Å². The summed E-state index contributed by atoms with van der Waals surface area (Å²) in [4.78, 5) is 0.